The van der Waals surface area contributed by atoms with Crippen LogP contribution in [0.5, 0.6) is 11.5 Å². The van der Waals surface area contributed by atoms with E-state index in [-0.39, 0.29) is 0 Å². The van der Waals surface area contributed by atoms with Gasteiger partial charge in [-0.25, -0.2) is 10.8 Å². The smallest absolute Gasteiger partial charge is 0.143 e. The Morgan fingerprint density at radius 3 is 2.88 bits per heavy atom. The topological polar surface area (TPSA) is 60.2 Å². The van der Waals surface area contributed by atoms with E-state index in [1.807, 2.05) is 30.5 Å². The number of nitrogen functional groups attached to an aromatic ring is 1. The first-order valence-electron chi connectivity index (χ1n) is 5.07. The van der Waals surface area contributed by atoms with Crippen molar-refractivity contribution in [2.24, 2.45) is 5.84 Å². The third kappa shape index (κ3) is 2.89. The Hall–Kier alpha value is -1.72. The van der Waals surface area contributed by atoms with Gasteiger partial charge in [-0.3, -0.25) is 0 Å². The summed E-state index contributed by atoms with van der Waals surface area (Å²) in [7, 11) is 0. The van der Waals surface area contributed by atoms with Crippen LogP contribution in [0.2, 0.25) is 0 Å². The van der Waals surface area contributed by atoms with Crippen LogP contribution in [0.4, 0.5) is 5.82 Å². The Bertz CT molecular complexity index is 505. The number of thioether (sulfide) groups is 1. The van der Waals surface area contributed by atoms with Crippen molar-refractivity contribution in [2.45, 2.75) is 4.90 Å². The molecule has 0 bridgehead atoms. The summed E-state index contributed by atoms with van der Waals surface area (Å²) in [4.78, 5) is 5.11. The molecule has 0 aliphatic carbocycles. The number of pyridine rings is 1. The molecule has 0 saturated carbocycles. The molecule has 1 aromatic carbocycles. The number of hydrogen-bond donors (Lipinski definition) is 2. The molecule has 88 valence electrons. The number of para-hydroxylation sites is 1. The zero-order chi connectivity index (χ0) is 12.1. The predicted molar refractivity (Wildman–Crippen MR) is 70.3 cm³/mol. The number of benzene rings is 1. The first-order chi connectivity index (χ1) is 8.33. The summed E-state index contributed by atoms with van der Waals surface area (Å²) < 4.78 is 5.79. The summed E-state index contributed by atoms with van der Waals surface area (Å²) >= 11 is 1.64. The number of aromatic nitrogens is 1. The number of nitrogens with zero attached hydrogens (tertiary/aromatic N) is 1. The van der Waals surface area contributed by atoms with Crippen molar-refractivity contribution in [1.29, 1.82) is 0 Å². The Kier molecular flexibility index (Phi) is 3.85. The highest BCUT2D eigenvalue weighted by atomic mass is 32.2. The number of hydrazine groups is 1. The average molecular weight is 247 g/mol. The minimum atomic E-state index is 0.573. The molecule has 0 saturated heterocycles. The number of hydrogen-bond acceptors (Lipinski definition) is 5. The summed E-state index contributed by atoms with van der Waals surface area (Å²) in [5.74, 6) is 7.40. The molecular weight excluding hydrogens is 234 g/mol. The van der Waals surface area contributed by atoms with Gasteiger partial charge in [-0.1, -0.05) is 12.1 Å². The van der Waals surface area contributed by atoms with Gasteiger partial charge in [0.15, 0.2) is 0 Å². The molecule has 1 aromatic heterocycles. The van der Waals surface area contributed by atoms with Crippen LogP contribution in [0.15, 0.2) is 47.5 Å². The largest absolute Gasteiger partial charge is 0.456 e. The number of nitrogens with two attached hydrogens (primary N) is 1. The zero-order valence-electron chi connectivity index (χ0n) is 9.38. The van der Waals surface area contributed by atoms with Gasteiger partial charge in [0.2, 0.25) is 0 Å². The second-order valence-corrected chi connectivity index (χ2v) is 4.12. The number of ether oxygens (including phenoxy) is 1. The molecule has 5 heteroatoms. The molecule has 1 heterocycles. The quantitative estimate of drug-likeness (QED) is 0.494. The lowest BCUT2D eigenvalue weighted by Gasteiger charge is -2.09. The van der Waals surface area contributed by atoms with E-state index in [1.54, 1.807) is 30.1 Å². The lowest BCUT2D eigenvalue weighted by molar-refractivity contribution is 0.471. The standard InChI is InChI=1S/C12H13N3OS/c1-17-11-5-3-2-4-10(11)16-9-6-7-14-12(8-9)15-13/h2-8H,13H2,1H3,(H,14,15). The third-order valence-corrected chi connectivity index (χ3v) is 2.95. The van der Waals surface area contributed by atoms with Crippen molar-refractivity contribution in [3.8, 4) is 11.5 Å². The van der Waals surface area contributed by atoms with E-state index < -0.39 is 0 Å². The first kappa shape index (κ1) is 11.8. The third-order valence-electron chi connectivity index (χ3n) is 2.18. The first-order valence-corrected chi connectivity index (χ1v) is 6.29. The summed E-state index contributed by atoms with van der Waals surface area (Å²) in [6, 6.07) is 11.4. The van der Waals surface area contributed by atoms with Gasteiger partial charge in [0, 0.05) is 17.2 Å². The van der Waals surface area contributed by atoms with E-state index in [1.165, 1.54) is 0 Å². The van der Waals surface area contributed by atoms with E-state index in [2.05, 4.69) is 10.4 Å². The maximum absolute atomic E-state index is 5.79. The molecular formula is C12H13N3OS. The van der Waals surface area contributed by atoms with Crippen LogP contribution < -0.4 is 16.0 Å². The van der Waals surface area contributed by atoms with E-state index in [9.17, 15) is 0 Å². The lowest BCUT2D eigenvalue weighted by atomic mass is 10.3. The monoisotopic (exact) mass is 247 g/mol. The molecule has 2 rings (SSSR count). The van der Waals surface area contributed by atoms with Crippen molar-refractivity contribution in [3.63, 3.8) is 0 Å². The fourth-order valence-corrected chi connectivity index (χ4v) is 1.91. The maximum atomic E-state index is 5.79. The van der Waals surface area contributed by atoms with Crippen molar-refractivity contribution in [2.75, 3.05) is 11.7 Å². The second kappa shape index (κ2) is 5.56. The fraction of sp³-hybridized carbons (Fsp3) is 0.0833. The highest BCUT2D eigenvalue weighted by Crippen LogP contribution is 2.31. The number of nitrogens with one attached hydrogen (secondary N) is 1. The molecule has 4 nitrogen and oxygen atoms in total. The average Bonchev–Trinajstić information content (AvgIpc) is 2.39. The van der Waals surface area contributed by atoms with Crippen LogP contribution in [0.25, 0.3) is 0 Å². The van der Waals surface area contributed by atoms with E-state index in [4.69, 9.17) is 10.6 Å². The van der Waals surface area contributed by atoms with Gasteiger partial charge in [0.1, 0.15) is 17.3 Å². The van der Waals surface area contributed by atoms with Crippen molar-refractivity contribution >= 4 is 17.6 Å². The van der Waals surface area contributed by atoms with Crippen LogP contribution in [0.3, 0.4) is 0 Å². The Labute approximate surface area is 104 Å². The van der Waals surface area contributed by atoms with Gasteiger partial charge >= 0.3 is 0 Å². The van der Waals surface area contributed by atoms with Crippen molar-refractivity contribution < 1.29 is 4.74 Å². The molecule has 17 heavy (non-hydrogen) atoms. The second-order valence-electron chi connectivity index (χ2n) is 3.27. The fourth-order valence-electron chi connectivity index (χ4n) is 1.38. The molecule has 0 spiro atoms. The van der Waals surface area contributed by atoms with Crippen LogP contribution in [0, 0.1) is 0 Å². The molecule has 0 fully saturated rings. The van der Waals surface area contributed by atoms with Crippen LogP contribution in [-0.4, -0.2) is 11.2 Å². The van der Waals surface area contributed by atoms with Gasteiger partial charge in [-0.05, 0) is 24.5 Å². The van der Waals surface area contributed by atoms with E-state index in [0.29, 0.717) is 11.6 Å². The molecule has 0 amide bonds. The highest BCUT2D eigenvalue weighted by molar-refractivity contribution is 7.98. The van der Waals surface area contributed by atoms with Crippen LogP contribution in [0.1, 0.15) is 0 Å². The van der Waals surface area contributed by atoms with E-state index in [0.717, 1.165) is 10.6 Å². The summed E-state index contributed by atoms with van der Waals surface area (Å²) in [5.41, 5.74) is 2.49. The normalized spacial score (nSPS) is 10.0. The van der Waals surface area contributed by atoms with Gasteiger partial charge in [-0.15, -0.1) is 11.8 Å². The molecule has 0 atom stereocenters. The van der Waals surface area contributed by atoms with Gasteiger partial charge in [0.25, 0.3) is 0 Å². The van der Waals surface area contributed by atoms with Crippen LogP contribution >= 0.6 is 11.8 Å². The van der Waals surface area contributed by atoms with Gasteiger partial charge in [0.05, 0.1) is 0 Å². The summed E-state index contributed by atoms with van der Waals surface area (Å²) in [6.45, 7) is 0. The Balaban J connectivity index is 2.24. The molecule has 3 N–H and O–H groups in total. The van der Waals surface area contributed by atoms with Crippen molar-refractivity contribution in [3.05, 3.63) is 42.6 Å². The van der Waals surface area contributed by atoms with Gasteiger partial charge < -0.3 is 10.2 Å². The van der Waals surface area contributed by atoms with E-state index >= 15 is 0 Å². The number of rotatable bonds is 4. The molecule has 0 aliphatic rings. The Morgan fingerprint density at radius 2 is 2.12 bits per heavy atom. The van der Waals surface area contributed by atoms with Crippen LogP contribution in [-0.2, 0) is 0 Å². The van der Waals surface area contributed by atoms with Gasteiger partial charge in [-0.2, -0.15) is 0 Å². The highest BCUT2D eigenvalue weighted by Gasteiger charge is 2.03. The SMILES string of the molecule is CSc1ccccc1Oc1ccnc(NN)c1. The number of anilines is 1. The Morgan fingerprint density at radius 1 is 1.29 bits per heavy atom. The minimum absolute atomic E-state index is 0.573. The van der Waals surface area contributed by atoms with Crippen molar-refractivity contribution in [1.82, 2.24) is 4.98 Å². The summed E-state index contributed by atoms with van der Waals surface area (Å²) in [5, 5.41) is 0. The molecule has 0 radical (unpaired) electrons. The molecule has 2 aromatic rings. The molecule has 0 aliphatic heterocycles. The minimum Gasteiger partial charge on any atom is -0.456 e. The lowest BCUT2D eigenvalue weighted by Crippen LogP contribution is -2.08. The summed E-state index contributed by atoms with van der Waals surface area (Å²) in [6.07, 6.45) is 3.66. The zero-order valence-corrected chi connectivity index (χ0v) is 10.2. The predicted octanol–water partition coefficient (Wildman–Crippen LogP) is 2.88. The molecule has 0 unspecified atom stereocenters. The maximum Gasteiger partial charge on any atom is 0.143 e.